The van der Waals surface area contributed by atoms with Crippen LogP contribution >= 0.6 is 0 Å². The van der Waals surface area contributed by atoms with Crippen molar-refractivity contribution in [2.24, 2.45) is 9.98 Å². The van der Waals surface area contributed by atoms with Crippen molar-refractivity contribution < 1.29 is 0 Å². The first-order valence-electron chi connectivity index (χ1n) is 18.8. The molecule has 8 aromatic carbocycles. The first-order valence-corrected chi connectivity index (χ1v) is 18.8. The van der Waals surface area contributed by atoms with Gasteiger partial charge in [0.1, 0.15) is 11.4 Å². The van der Waals surface area contributed by atoms with Crippen molar-refractivity contribution in [2.75, 3.05) is 0 Å². The van der Waals surface area contributed by atoms with E-state index in [1.807, 2.05) is 30.3 Å². The predicted octanol–water partition coefficient (Wildman–Crippen LogP) is 11.4. The van der Waals surface area contributed by atoms with Crippen LogP contribution in [0, 0.1) is 10.4 Å². The van der Waals surface area contributed by atoms with Crippen molar-refractivity contribution in [2.45, 2.75) is 0 Å². The highest BCUT2D eigenvalue weighted by Crippen LogP contribution is 2.55. The van der Waals surface area contributed by atoms with Crippen molar-refractivity contribution in [1.82, 2.24) is 15.4 Å². The molecule has 56 heavy (non-hydrogen) atoms. The average molecular weight is 714 g/mol. The first kappa shape index (κ1) is 31.9. The second-order valence-electron chi connectivity index (χ2n) is 14.0. The van der Waals surface area contributed by atoms with Crippen molar-refractivity contribution >= 4 is 11.4 Å². The molecule has 5 heteroatoms. The standard InChI is InChI=1S/C51H31N5/c1-5-17-32(18-6-1)36-25-13-14-27-38(36)45-40(33-19-7-2-8-20-33)31-43-46(47-42(52-43)30-29-39-37-26-15-16-28-41(37)53-50(39)47)48(45)51-44(34-21-9-3-10-22-34)49(54-56-55-51)35-23-11-4-12-24-35/h1-31H. The molecular weight excluding hydrogens is 683 g/mol. The quantitative estimate of drug-likeness (QED) is 0.172. The van der Waals surface area contributed by atoms with Crippen molar-refractivity contribution in [3.05, 3.63) is 209 Å². The summed E-state index contributed by atoms with van der Waals surface area (Å²) in [6.45, 7) is 0. The number of hydrogen-bond donors (Lipinski definition) is 0. The van der Waals surface area contributed by atoms with E-state index in [9.17, 15) is 0 Å². The molecule has 0 amide bonds. The van der Waals surface area contributed by atoms with E-state index in [2.05, 4.69) is 163 Å². The second-order valence-corrected chi connectivity index (χ2v) is 14.0. The normalized spacial score (nSPS) is 11.9. The summed E-state index contributed by atoms with van der Waals surface area (Å²) in [5.74, 6) is 0. The van der Waals surface area contributed by atoms with Gasteiger partial charge in [-0.2, -0.15) is 0 Å². The maximum atomic E-state index is 5.40. The average Bonchev–Trinajstić information content (AvgIpc) is 3.85. The Morgan fingerprint density at radius 2 is 0.875 bits per heavy atom. The molecule has 0 unspecified atom stereocenters. The van der Waals surface area contributed by atoms with Crippen LogP contribution in [-0.2, 0) is 0 Å². The van der Waals surface area contributed by atoms with Crippen LogP contribution in [0.4, 0.5) is 11.4 Å². The molecule has 0 saturated heterocycles. The fraction of sp³-hybridized carbons (Fsp3) is 0. The first-order chi connectivity index (χ1) is 27.8. The van der Waals surface area contributed by atoms with Crippen molar-refractivity contribution in [3.8, 4) is 78.1 Å². The zero-order valence-electron chi connectivity index (χ0n) is 30.1. The SMILES string of the molecule is c1ccc(-c2ccccc2-c2c(-c3ccccc3)cc3c(c2-c2nnnc(-c4ccccc4)c2-c2ccccc2)-c2c4c(ccc2=N3)=c2ccccc2=N4)cc1. The number of aromatic nitrogens is 3. The molecule has 0 radical (unpaired) electrons. The highest BCUT2D eigenvalue weighted by atomic mass is 15.3. The smallest absolute Gasteiger partial charge is 0.106 e. The molecule has 11 rings (SSSR count). The molecule has 0 atom stereocenters. The van der Waals surface area contributed by atoms with E-state index in [-0.39, 0.29) is 0 Å². The van der Waals surface area contributed by atoms with Gasteiger partial charge in [-0.15, -0.1) is 10.2 Å². The third-order valence-corrected chi connectivity index (χ3v) is 10.9. The minimum Gasteiger partial charge on any atom is -0.248 e. The molecule has 0 saturated carbocycles. The lowest BCUT2D eigenvalue weighted by atomic mass is 9.80. The van der Waals surface area contributed by atoms with Gasteiger partial charge < -0.3 is 0 Å². The van der Waals surface area contributed by atoms with Gasteiger partial charge in [0.15, 0.2) is 0 Å². The van der Waals surface area contributed by atoms with Crippen LogP contribution in [0.1, 0.15) is 0 Å². The molecule has 0 spiro atoms. The maximum Gasteiger partial charge on any atom is 0.106 e. The van der Waals surface area contributed by atoms with E-state index in [0.29, 0.717) is 0 Å². The van der Waals surface area contributed by atoms with Crippen LogP contribution in [0.3, 0.4) is 0 Å². The number of rotatable bonds is 6. The van der Waals surface area contributed by atoms with Crippen LogP contribution in [0.5, 0.6) is 0 Å². The van der Waals surface area contributed by atoms with Crippen LogP contribution in [-0.4, -0.2) is 15.4 Å². The third-order valence-electron chi connectivity index (χ3n) is 10.9. The summed E-state index contributed by atoms with van der Waals surface area (Å²) in [6, 6.07) is 65.6. The van der Waals surface area contributed by atoms with E-state index in [1.54, 1.807) is 0 Å². The number of nitrogens with zero attached hydrogens (tertiary/aromatic N) is 5. The van der Waals surface area contributed by atoms with E-state index < -0.39 is 0 Å². The lowest BCUT2D eigenvalue weighted by Crippen LogP contribution is -2.05. The molecular formula is C51H31N5. The van der Waals surface area contributed by atoms with Gasteiger partial charge in [0.2, 0.25) is 0 Å². The summed E-state index contributed by atoms with van der Waals surface area (Å²) in [5, 5.41) is 18.5. The van der Waals surface area contributed by atoms with Gasteiger partial charge in [0, 0.05) is 43.8 Å². The Hall–Kier alpha value is -7.63. The van der Waals surface area contributed by atoms with Gasteiger partial charge in [0.25, 0.3) is 0 Å². The summed E-state index contributed by atoms with van der Waals surface area (Å²) >= 11 is 0. The zero-order chi connectivity index (χ0) is 37.0. The Balaban J connectivity index is 1.36. The van der Waals surface area contributed by atoms with E-state index in [1.165, 1.54) is 0 Å². The summed E-state index contributed by atoms with van der Waals surface area (Å²) in [7, 11) is 0. The number of hydrogen-bond acceptors (Lipinski definition) is 5. The van der Waals surface area contributed by atoms with Gasteiger partial charge in [0.05, 0.1) is 22.1 Å². The monoisotopic (exact) mass is 713 g/mol. The third kappa shape index (κ3) is 5.06. The van der Waals surface area contributed by atoms with Crippen molar-refractivity contribution in [1.29, 1.82) is 0 Å². The Kier molecular flexibility index (Phi) is 7.42. The molecule has 2 aliphatic rings. The van der Waals surface area contributed by atoms with Gasteiger partial charge >= 0.3 is 0 Å². The number of fused-ring (bicyclic) bond motifs is 6. The van der Waals surface area contributed by atoms with E-state index >= 15 is 0 Å². The lowest BCUT2D eigenvalue weighted by molar-refractivity contribution is 0.879. The lowest BCUT2D eigenvalue weighted by Gasteiger charge is -2.24. The molecule has 0 N–H and O–H groups in total. The molecule has 5 nitrogen and oxygen atoms in total. The number of para-hydroxylation sites is 1. The van der Waals surface area contributed by atoms with Crippen molar-refractivity contribution in [3.63, 3.8) is 0 Å². The van der Waals surface area contributed by atoms with Crippen LogP contribution in [0.15, 0.2) is 198 Å². The molecule has 9 aromatic rings. The Morgan fingerprint density at radius 1 is 0.304 bits per heavy atom. The topological polar surface area (TPSA) is 63.4 Å². The Bertz CT molecular complexity index is 3220. The minimum absolute atomic E-state index is 0.730. The number of benzene rings is 8. The Labute approximate surface area is 323 Å². The molecule has 0 bridgehead atoms. The fourth-order valence-electron chi connectivity index (χ4n) is 8.42. The van der Waals surface area contributed by atoms with Gasteiger partial charge in [-0.25, -0.2) is 9.98 Å². The second kappa shape index (κ2) is 13.0. The van der Waals surface area contributed by atoms with E-state index in [0.717, 1.165) is 111 Å². The molecule has 0 fully saturated rings. The summed E-state index contributed by atoms with van der Waals surface area (Å²) in [5.41, 5.74) is 15.6. The van der Waals surface area contributed by atoms with Gasteiger partial charge in [-0.3, -0.25) is 0 Å². The molecule has 260 valence electrons. The molecule has 2 aliphatic heterocycles. The van der Waals surface area contributed by atoms with Crippen LogP contribution in [0.2, 0.25) is 0 Å². The summed E-state index contributed by atoms with van der Waals surface area (Å²) in [6.07, 6.45) is 0. The molecule has 0 aliphatic carbocycles. The van der Waals surface area contributed by atoms with E-state index in [4.69, 9.17) is 20.2 Å². The predicted molar refractivity (Wildman–Crippen MR) is 224 cm³/mol. The highest BCUT2D eigenvalue weighted by Gasteiger charge is 2.33. The molecule has 3 heterocycles. The zero-order valence-corrected chi connectivity index (χ0v) is 30.1. The molecule has 1 aromatic heterocycles. The fourth-order valence-corrected chi connectivity index (χ4v) is 8.42. The minimum atomic E-state index is 0.730. The van der Waals surface area contributed by atoms with Gasteiger partial charge in [-0.1, -0.05) is 164 Å². The van der Waals surface area contributed by atoms with Crippen LogP contribution < -0.4 is 10.7 Å². The maximum absolute atomic E-state index is 5.40. The van der Waals surface area contributed by atoms with Gasteiger partial charge in [-0.05, 0) is 62.9 Å². The summed E-state index contributed by atoms with van der Waals surface area (Å²) in [4.78, 5) is 10.7. The highest BCUT2D eigenvalue weighted by molar-refractivity contribution is 6.12. The largest absolute Gasteiger partial charge is 0.248 e. The van der Waals surface area contributed by atoms with Crippen LogP contribution in [0.25, 0.3) is 78.1 Å². The summed E-state index contributed by atoms with van der Waals surface area (Å²) < 4.78 is 0. The Morgan fingerprint density at radius 3 is 1.59 bits per heavy atom.